The predicted octanol–water partition coefficient (Wildman–Crippen LogP) is 2.24. The van der Waals surface area contributed by atoms with Crippen molar-refractivity contribution >= 4 is 0 Å². The third-order valence-corrected chi connectivity index (χ3v) is 4.65. The number of aromatic amines is 1. The molecular weight excluding hydrogens is 250 g/mol. The smallest absolute Gasteiger partial charge is 0.330 e. The monoisotopic (exact) mass is 271 g/mol. The number of nitrogens with zero attached hydrogens (tertiary/aromatic N) is 1. The molecule has 1 aromatic heterocycles. The second kappa shape index (κ2) is 4.94. The number of hydrogen-bond acceptors (Lipinski definition) is 2. The number of nitrogens with two attached hydrogens (primary N) is 1. The molecule has 3 rings (SSSR count). The molecule has 106 valence electrons. The van der Waals surface area contributed by atoms with E-state index in [1.54, 1.807) is 10.8 Å². The van der Waals surface area contributed by atoms with E-state index in [2.05, 4.69) is 17.1 Å². The highest BCUT2D eigenvalue weighted by atomic mass is 16.1. The standard InChI is InChI=1S/C16H21N3O/c1-12-10-18-15(20)19(12)14-6-4-13(5-7-14)16(11-17)8-2-3-9-16/h4-7,10H,2-3,8-9,11,17H2,1H3,(H,18,20). The van der Waals surface area contributed by atoms with E-state index in [-0.39, 0.29) is 11.1 Å². The minimum Gasteiger partial charge on any atom is -0.330 e. The van der Waals surface area contributed by atoms with Gasteiger partial charge in [-0.05, 0) is 37.5 Å². The second-order valence-electron chi connectivity index (χ2n) is 5.81. The van der Waals surface area contributed by atoms with Gasteiger partial charge in [0.1, 0.15) is 0 Å². The number of aryl methyl sites for hydroxylation is 1. The summed E-state index contributed by atoms with van der Waals surface area (Å²) in [6.45, 7) is 2.62. The number of H-pyrrole nitrogens is 1. The van der Waals surface area contributed by atoms with E-state index < -0.39 is 0 Å². The maximum absolute atomic E-state index is 11.8. The largest absolute Gasteiger partial charge is 0.330 e. The van der Waals surface area contributed by atoms with Gasteiger partial charge in [0.15, 0.2) is 0 Å². The highest BCUT2D eigenvalue weighted by Gasteiger charge is 2.34. The molecule has 0 bridgehead atoms. The fourth-order valence-corrected chi connectivity index (χ4v) is 3.40. The van der Waals surface area contributed by atoms with E-state index in [4.69, 9.17) is 5.73 Å². The molecule has 0 saturated heterocycles. The van der Waals surface area contributed by atoms with Gasteiger partial charge in [0.25, 0.3) is 0 Å². The third kappa shape index (κ3) is 2.00. The van der Waals surface area contributed by atoms with Gasteiger partial charge in [-0.15, -0.1) is 0 Å². The first-order chi connectivity index (χ1) is 9.66. The van der Waals surface area contributed by atoms with E-state index in [0.717, 1.165) is 11.4 Å². The van der Waals surface area contributed by atoms with Crippen LogP contribution in [0.25, 0.3) is 5.69 Å². The molecule has 0 aliphatic heterocycles. The summed E-state index contributed by atoms with van der Waals surface area (Å²) < 4.78 is 1.69. The number of imidazole rings is 1. The summed E-state index contributed by atoms with van der Waals surface area (Å²) in [5.41, 5.74) is 9.21. The number of nitrogens with one attached hydrogen (secondary N) is 1. The Balaban J connectivity index is 1.98. The van der Waals surface area contributed by atoms with Crippen molar-refractivity contribution in [3.05, 3.63) is 52.2 Å². The molecule has 0 spiro atoms. The molecule has 20 heavy (non-hydrogen) atoms. The van der Waals surface area contributed by atoms with Gasteiger partial charge in [0.05, 0.1) is 5.69 Å². The van der Waals surface area contributed by atoms with Gasteiger partial charge in [-0.1, -0.05) is 25.0 Å². The van der Waals surface area contributed by atoms with Crippen molar-refractivity contribution in [1.82, 2.24) is 9.55 Å². The Labute approximate surface area is 118 Å². The molecule has 0 unspecified atom stereocenters. The first-order valence-corrected chi connectivity index (χ1v) is 7.24. The van der Waals surface area contributed by atoms with Crippen LogP contribution in [0, 0.1) is 6.92 Å². The van der Waals surface area contributed by atoms with E-state index in [1.165, 1.54) is 31.2 Å². The van der Waals surface area contributed by atoms with Crippen molar-refractivity contribution in [2.24, 2.45) is 5.73 Å². The molecule has 0 atom stereocenters. The van der Waals surface area contributed by atoms with E-state index in [9.17, 15) is 4.79 Å². The lowest BCUT2D eigenvalue weighted by atomic mass is 9.79. The van der Waals surface area contributed by atoms with Crippen LogP contribution in [0.15, 0.2) is 35.3 Å². The highest BCUT2D eigenvalue weighted by molar-refractivity contribution is 5.39. The van der Waals surface area contributed by atoms with E-state index in [1.807, 2.05) is 19.1 Å². The number of rotatable bonds is 3. The Hall–Kier alpha value is -1.81. The van der Waals surface area contributed by atoms with Crippen LogP contribution in [-0.2, 0) is 5.41 Å². The Morgan fingerprint density at radius 2 is 1.90 bits per heavy atom. The molecule has 1 aliphatic rings. The average molecular weight is 271 g/mol. The summed E-state index contributed by atoms with van der Waals surface area (Å²) in [4.78, 5) is 14.5. The van der Waals surface area contributed by atoms with Gasteiger partial charge in [-0.2, -0.15) is 0 Å². The fourth-order valence-electron chi connectivity index (χ4n) is 3.40. The molecule has 1 aromatic carbocycles. The summed E-state index contributed by atoms with van der Waals surface area (Å²) in [6.07, 6.45) is 6.59. The zero-order chi connectivity index (χ0) is 14.2. The number of benzene rings is 1. The third-order valence-electron chi connectivity index (χ3n) is 4.65. The average Bonchev–Trinajstić information content (AvgIpc) is 3.07. The SMILES string of the molecule is Cc1c[nH]c(=O)n1-c1ccc(C2(CN)CCCC2)cc1. The van der Waals surface area contributed by atoms with Crippen molar-refractivity contribution in [3.63, 3.8) is 0 Å². The van der Waals surface area contributed by atoms with Crippen molar-refractivity contribution in [2.75, 3.05) is 6.54 Å². The number of hydrogen-bond donors (Lipinski definition) is 2. The molecular formula is C16H21N3O. The lowest BCUT2D eigenvalue weighted by molar-refractivity contribution is 0.453. The van der Waals surface area contributed by atoms with E-state index in [0.29, 0.717) is 6.54 Å². The molecule has 0 amide bonds. The van der Waals surface area contributed by atoms with Crippen LogP contribution in [0.1, 0.15) is 36.9 Å². The summed E-state index contributed by atoms with van der Waals surface area (Å²) in [5.74, 6) is 0. The van der Waals surface area contributed by atoms with Gasteiger partial charge >= 0.3 is 5.69 Å². The van der Waals surface area contributed by atoms with Crippen LogP contribution in [0.3, 0.4) is 0 Å². The lowest BCUT2D eigenvalue weighted by Gasteiger charge is -2.28. The first-order valence-electron chi connectivity index (χ1n) is 7.24. The van der Waals surface area contributed by atoms with Crippen LogP contribution in [0.5, 0.6) is 0 Å². The Morgan fingerprint density at radius 3 is 2.40 bits per heavy atom. The van der Waals surface area contributed by atoms with Gasteiger partial charge < -0.3 is 10.7 Å². The second-order valence-corrected chi connectivity index (χ2v) is 5.81. The van der Waals surface area contributed by atoms with Crippen LogP contribution in [0.4, 0.5) is 0 Å². The minimum absolute atomic E-state index is 0.0929. The van der Waals surface area contributed by atoms with Gasteiger partial charge in [0, 0.05) is 23.9 Å². The Kier molecular flexibility index (Phi) is 3.26. The molecule has 1 saturated carbocycles. The molecule has 1 heterocycles. The van der Waals surface area contributed by atoms with Crippen LogP contribution in [-0.4, -0.2) is 16.1 Å². The Morgan fingerprint density at radius 1 is 1.25 bits per heavy atom. The molecule has 3 N–H and O–H groups in total. The van der Waals surface area contributed by atoms with E-state index >= 15 is 0 Å². The quantitative estimate of drug-likeness (QED) is 0.899. The molecule has 1 fully saturated rings. The zero-order valence-electron chi connectivity index (χ0n) is 11.9. The first kappa shape index (κ1) is 13.2. The van der Waals surface area contributed by atoms with Gasteiger partial charge in [-0.3, -0.25) is 4.57 Å². The minimum atomic E-state index is -0.0929. The molecule has 4 nitrogen and oxygen atoms in total. The fraction of sp³-hybridized carbons (Fsp3) is 0.438. The molecule has 2 aromatic rings. The molecule has 4 heteroatoms. The summed E-state index contributed by atoms with van der Waals surface area (Å²) in [5, 5.41) is 0. The molecule has 1 aliphatic carbocycles. The van der Waals surface area contributed by atoms with Gasteiger partial charge in [0.2, 0.25) is 0 Å². The van der Waals surface area contributed by atoms with Gasteiger partial charge in [-0.25, -0.2) is 4.79 Å². The summed E-state index contributed by atoms with van der Waals surface area (Å²) >= 11 is 0. The zero-order valence-corrected chi connectivity index (χ0v) is 11.9. The van der Waals surface area contributed by atoms with Crippen LogP contribution >= 0.6 is 0 Å². The Bertz CT molecular complexity index is 645. The van der Waals surface area contributed by atoms with Crippen molar-refractivity contribution in [3.8, 4) is 5.69 Å². The van der Waals surface area contributed by atoms with Crippen molar-refractivity contribution in [1.29, 1.82) is 0 Å². The topological polar surface area (TPSA) is 63.8 Å². The number of aromatic nitrogens is 2. The lowest BCUT2D eigenvalue weighted by Crippen LogP contribution is -2.32. The normalized spacial score (nSPS) is 17.5. The predicted molar refractivity (Wildman–Crippen MR) is 80.3 cm³/mol. The highest BCUT2D eigenvalue weighted by Crippen LogP contribution is 2.40. The maximum atomic E-state index is 11.8. The van der Waals surface area contributed by atoms with Crippen molar-refractivity contribution in [2.45, 2.75) is 38.0 Å². The maximum Gasteiger partial charge on any atom is 0.330 e. The molecule has 0 radical (unpaired) electrons. The van der Waals surface area contributed by atoms with Crippen LogP contribution < -0.4 is 11.4 Å². The van der Waals surface area contributed by atoms with Crippen molar-refractivity contribution < 1.29 is 0 Å². The summed E-state index contributed by atoms with van der Waals surface area (Å²) in [6, 6.07) is 8.30. The van der Waals surface area contributed by atoms with Crippen LogP contribution in [0.2, 0.25) is 0 Å². The summed E-state index contributed by atoms with van der Waals surface area (Å²) in [7, 11) is 0.